The molecule has 0 spiro atoms. The SMILES string of the molecule is Cc1c(Br)ccc(S(=O)(=O)Cl)c1F. The van der Waals surface area contributed by atoms with Crippen LogP contribution < -0.4 is 0 Å². The van der Waals surface area contributed by atoms with Gasteiger partial charge >= 0.3 is 0 Å². The van der Waals surface area contributed by atoms with Crippen molar-refractivity contribution in [2.45, 2.75) is 11.8 Å². The first-order valence-corrected chi connectivity index (χ1v) is 6.33. The van der Waals surface area contributed by atoms with Gasteiger partial charge in [-0.3, -0.25) is 0 Å². The molecule has 13 heavy (non-hydrogen) atoms. The van der Waals surface area contributed by atoms with Crippen LogP contribution in [0.2, 0.25) is 0 Å². The Bertz CT molecular complexity index is 444. The quantitative estimate of drug-likeness (QED) is 0.744. The molecule has 0 radical (unpaired) electrons. The average molecular weight is 288 g/mol. The van der Waals surface area contributed by atoms with Crippen molar-refractivity contribution in [2.24, 2.45) is 0 Å². The van der Waals surface area contributed by atoms with Gasteiger partial charge in [-0.25, -0.2) is 12.8 Å². The molecule has 1 aromatic rings. The van der Waals surface area contributed by atoms with Crippen molar-refractivity contribution in [3.63, 3.8) is 0 Å². The Kier molecular flexibility index (Phi) is 2.99. The van der Waals surface area contributed by atoms with E-state index < -0.39 is 19.8 Å². The Labute approximate surface area is 88.3 Å². The minimum atomic E-state index is -4.00. The van der Waals surface area contributed by atoms with Gasteiger partial charge in [0.05, 0.1) is 0 Å². The monoisotopic (exact) mass is 286 g/mol. The highest BCUT2D eigenvalue weighted by Crippen LogP contribution is 2.26. The van der Waals surface area contributed by atoms with Crippen LogP contribution in [0.15, 0.2) is 21.5 Å². The van der Waals surface area contributed by atoms with Crippen molar-refractivity contribution in [2.75, 3.05) is 0 Å². The lowest BCUT2D eigenvalue weighted by Gasteiger charge is -2.03. The third kappa shape index (κ3) is 2.21. The molecule has 0 heterocycles. The molecule has 0 aromatic heterocycles. The minimum absolute atomic E-state index is 0.224. The molecule has 72 valence electrons. The lowest BCUT2D eigenvalue weighted by atomic mass is 10.2. The van der Waals surface area contributed by atoms with Crippen molar-refractivity contribution >= 4 is 35.7 Å². The highest BCUT2D eigenvalue weighted by molar-refractivity contribution is 9.10. The summed E-state index contributed by atoms with van der Waals surface area (Å²) in [7, 11) is 1.01. The first-order chi connectivity index (χ1) is 5.84. The van der Waals surface area contributed by atoms with Crippen LogP contribution in [0.25, 0.3) is 0 Å². The molecule has 0 aliphatic rings. The second kappa shape index (κ2) is 3.55. The van der Waals surface area contributed by atoms with Gasteiger partial charge < -0.3 is 0 Å². The second-order valence-electron chi connectivity index (χ2n) is 2.42. The predicted molar refractivity (Wildman–Crippen MR) is 51.9 cm³/mol. The maximum Gasteiger partial charge on any atom is 0.264 e. The van der Waals surface area contributed by atoms with Crippen molar-refractivity contribution in [3.8, 4) is 0 Å². The molecule has 1 rings (SSSR count). The fraction of sp³-hybridized carbons (Fsp3) is 0.143. The number of halogens is 3. The first kappa shape index (κ1) is 10.9. The maximum atomic E-state index is 13.3. The van der Waals surface area contributed by atoms with E-state index in [0.29, 0.717) is 4.47 Å². The van der Waals surface area contributed by atoms with E-state index in [9.17, 15) is 12.8 Å². The lowest BCUT2D eigenvalue weighted by Crippen LogP contribution is -1.97. The van der Waals surface area contributed by atoms with Gasteiger partial charge in [-0.15, -0.1) is 0 Å². The van der Waals surface area contributed by atoms with E-state index in [2.05, 4.69) is 15.9 Å². The van der Waals surface area contributed by atoms with Crippen molar-refractivity contribution < 1.29 is 12.8 Å². The summed E-state index contributed by atoms with van der Waals surface area (Å²) in [5.41, 5.74) is 0.224. The molecule has 6 heteroatoms. The van der Waals surface area contributed by atoms with E-state index in [4.69, 9.17) is 10.7 Å². The number of benzene rings is 1. The molecule has 0 aliphatic carbocycles. The molecular formula is C7H5BrClFO2S. The van der Waals surface area contributed by atoms with E-state index >= 15 is 0 Å². The Balaban J connectivity index is 3.53. The summed E-state index contributed by atoms with van der Waals surface area (Å²) >= 11 is 3.07. The third-order valence-electron chi connectivity index (χ3n) is 1.55. The van der Waals surface area contributed by atoms with E-state index in [1.165, 1.54) is 13.0 Å². The average Bonchev–Trinajstić information content (AvgIpc) is 1.98. The fourth-order valence-corrected chi connectivity index (χ4v) is 2.09. The van der Waals surface area contributed by atoms with Gasteiger partial charge in [-0.1, -0.05) is 15.9 Å². The number of hydrogen-bond donors (Lipinski definition) is 0. The Hall–Kier alpha value is -0.130. The Morgan fingerprint density at radius 3 is 2.46 bits per heavy atom. The van der Waals surface area contributed by atoms with E-state index in [0.717, 1.165) is 6.07 Å². The third-order valence-corrected chi connectivity index (χ3v) is 3.75. The van der Waals surface area contributed by atoms with Crippen LogP contribution >= 0.6 is 26.6 Å². The zero-order valence-corrected chi connectivity index (χ0v) is 9.67. The second-order valence-corrected chi connectivity index (χ2v) is 5.81. The van der Waals surface area contributed by atoms with Gasteiger partial charge in [0.2, 0.25) is 0 Å². The standard InChI is InChI=1S/C7H5BrClFO2S/c1-4-5(8)2-3-6(7(4)10)13(9,11)12/h2-3H,1H3. The van der Waals surface area contributed by atoms with Crippen LogP contribution in [0.3, 0.4) is 0 Å². The minimum Gasteiger partial charge on any atom is -0.207 e. The molecule has 0 aliphatic heterocycles. The molecule has 0 saturated heterocycles. The van der Waals surface area contributed by atoms with Crippen molar-refractivity contribution in [3.05, 3.63) is 28.0 Å². The van der Waals surface area contributed by atoms with Gasteiger partial charge in [-0.2, -0.15) is 0 Å². The highest BCUT2D eigenvalue weighted by Gasteiger charge is 2.18. The molecule has 1 aromatic carbocycles. The summed E-state index contributed by atoms with van der Waals surface area (Å²) in [6.07, 6.45) is 0. The fourth-order valence-electron chi connectivity index (χ4n) is 0.825. The highest BCUT2D eigenvalue weighted by atomic mass is 79.9. The molecule has 0 atom stereocenters. The van der Waals surface area contributed by atoms with Crippen LogP contribution in [0.1, 0.15) is 5.56 Å². The van der Waals surface area contributed by atoms with Gasteiger partial charge in [0.1, 0.15) is 10.7 Å². The Morgan fingerprint density at radius 1 is 1.46 bits per heavy atom. The van der Waals surface area contributed by atoms with Crippen LogP contribution in [0, 0.1) is 12.7 Å². The molecule has 2 nitrogen and oxygen atoms in total. The maximum absolute atomic E-state index is 13.3. The van der Waals surface area contributed by atoms with Crippen molar-refractivity contribution in [1.29, 1.82) is 0 Å². The molecular weight excluding hydrogens is 282 g/mol. The topological polar surface area (TPSA) is 34.1 Å². The van der Waals surface area contributed by atoms with Gasteiger partial charge in [0.25, 0.3) is 9.05 Å². The zero-order valence-electron chi connectivity index (χ0n) is 6.51. The Morgan fingerprint density at radius 2 is 2.00 bits per heavy atom. The van der Waals surface area contributed by atoms with Crippen LogP contribution in [-0.4, -0.2) is 8.42 Å². The van der Waals surface area contributed by atoms with Gasteiger partial charge in [0.15, 0.2) is 0 Å². The summed E-state index contributed by atoms with van der Waals surface area (Å²) in [6.45, 7) is 1.46. The smallest absolute Gasteiger partial charge is 0.207 e. The van der Waals surface area contributed by atoms with Crippen LogP contribution in [0.5, 0.6) is 0 Å². The summed E-state index contributed by atoms with van der Waals surface area (Å²) in [4.78, 5) is -0.491. The summed E-state index contributed by atoms with van der Waals surface area (Å²) in [6, 6.07) is 2.56. The molecule has 0 unspecified atom stereocenters. The van der Waals surface area contributed by atoms with Crippen LogP contribution in [0.4, 0.5) is 4.39 Å². The summed E-state index contributed by atoms with van der Waals surface area (Å²) < 4.78 is 35.4. The predicted octanol–water partition coefficient (Wildman–Crippen LogP) is 2.82. The summed E-state index contributed by atoms with van der Waals surface area (Å²) in [5, 5.41) is 0. The molecule has 0 amide bonds. The normalized spacial score (nSPS) is 11.7. The van der Waals surface area contributed by atoms with Gasteiger partial charge in [0, 0.05) is 20.7 Å². The largest absolute Gasteiger partial charge is 0.264 e. The summed E-state index contributed by atoms with van der Waals surface area (Å²) in [5.74, 6) is -0.815. The van der Waals surface area contributed by atoms with E-state index in [-0.39, 0.29) is 5.56 Å². The molecule has 0 bridgehead atoms. The lowest BCUT2D eigenvalue weighted by molar-refractivity contribution is 0.569. The van der Waals surface area contributed by atoms with E-state index in [1.54, 1.807) is 0 Å². The van der Waals surface area contributed by atoms with Crippen LogP contribution in [-0.2, 0) is 9.05 Å². The first-order valence-electron chi connectivity index (χ1n) is 3.23. The zero-order chi connectivity index (χ0) is 10.2. The molecule has 0 fully saturated rings. The molecule has 0 saturated carbocycles. The van der Waals surface area contributed by atoms with E-state index in [1.807, 2.05) is 0 Å². The molecule has 0 N–H and O–H groups in total. The van der Waals surface area contributed by atoms with Crippen molar-refractivity contribution in [1.82, 2.24) is 0 Å². The number of hydrogen-bond acceptors (Lipinski definition) is 2. The number of rotatable bonds is 1. The van der Waals surface area contributed by atoms with Gasteiger partial charge in [-0.05, 0) is 19.1 Å².